The molecule has 6 N–H and O–H groups in total. The van der Waals surface area contributed by atoms with E-state index in [4.69, 9.17) is 9.47 Å². The van der Waals surface area contributed by atoms with Crippen LogP contribution >= 0.6 is 0 Å². The van der Waals surface area contributed by atoms with Crippen LogP contribution in [0, 0.1) is 0 Å². The molecule has 0 aliphatic carbocycles. The van der Waals surface area contributed by atoms with E-state index >= 15 is 0 Å². The number of methoxy groups -OCH3 is 2. The number of aliphatic hydroxyl groups is 6. The molecule has 0 bridgehead atoms. The molecule has 0 heterocycles. The van der Waals surface area contributed by atoms with Crippen molar-refractivity contribution in [3.63, 3.8) is 0 Å². The van der Waals surface area contributed by atoms with Crippen LogP contribution in [0.1, 0.15) is 24.5 Å². The first-order valence-corrected chi connectivity index (χ1v) is 10.5. The molecule has 1 unspecified atom stereocenters. The van der Waals surface area contributed by atoms with Gasteiger partial charge in [-0.15, -0.1) is 0 Å². The minimum atomic E-state index is -2.39. The fraction of sp³-hybridized carbons (Fsp3) is 0.500. The third kappa shape index (κ3) is 5.78. The summed E-state index contributed by atoms with van der Waals surface area (Å²) in [7, 11) is 2.99. The van der Waals surface area contributed by atoms with E-state index in [1.165, 1.54) is 14.2 Å². The van der Waals surface area contributed by atoms with Crippen LogP contribution in [-0.4, -0.2) is 81.0 Å². The Hall–Kier alpha value is -2.20. The molecule has 2 aromatic rings. The lowest BCUT2D eigenvalue weighted by molar-refractivity contribution is -0.229. The average molecular weight is 451 g/mol. The second-order valence-corrected chi connectivity index (χ2v) is 8.10. The fourth-order valence-corrected chi connectivity index (χ4v) is 3.92. The van der Waals surface area contributed by atoms with E-state index in [9.17, 15) is 30.6 Å². The van der Waals surface area contributed by atoms with Crippen LogP contribution in [0.5, 0.6) is 11.5 Å². The molecule has 2 rings (SSSR count). The number of aliphatic hydroxyl groups excluding tert-OH is 4. The number of ether oxygens (including phenoxy) is 2. The Morgan fingerprint density at radius 2 is 1.34 bits per heavy atom. The molecular weight excluding hydrogens is 416 g/mol. The van der Waals surface area contributed by atoms with Crippen molar-refractivity contribution in [1.29, 1.82) is 0 Å². The van der Waals surface area contributed by atoms with Crippen molar-refractivity contribution in [2.24, 2.45) is 0 Å². The van der Waals surface area contributed by atoms with Gasteiger partial charge in [-0.05, 0) is 41.8 Å². The zero-order chi connectivity index (χ0) is 23.9. The monoisotopic (exact) mass is 450 g/mol. The number of rotatable bonds is 12. The van der Waals surface area contributed by atoms with Crippen LogP contribution in [0.2, 0.25) is 0 Å². The summed E-state index contributed by atoms with van der Waals surface area (Å²) in [6, 6.07) is 13.6. The van der Waals surface area contributed by atoms with Gasteiger partial charge in [0.2, 0.25) is 0 Å². The zero-order valence-corrected chi connectivity index (χ0v) is 18.7. The maximum Gasteiger partial charge on any atom is 0.126 e. The topological polar surface area (TPSA) is 140 Å². The molecule has 0 aliphatic heterocycles. The maximum absolute atomic E-state index is 11.5. The molecule has 0 saturated heterocycles. The minimum absolute atomic E-state index is 0.0355. The van der Waals surface area contributed by atoms with Gasteiger partial charge in [0.15, 0.2) is 0 Å². The summed E-state index contributed by atoms with van der Waals surface area (Å²) in [5.74, 6) is 1.07. The predicted molar refractivity (Wildman–Crippen MR) is 119 cm³/mol. The quantitative estimate of drug-likeness (QED) is 0.274. The predicted octanol–water partition coefficient (Wildman–Crippen LogP) is 0.436. The highest BCUT2D eigenvalue weighted by atomic mass is 16.5. The largest absolute Gasteiger partial charge is 0.497 e. The third-order valence-corrected chi connectivity index (χ3v) is 5.92. The Bertz CT molecular complexity index is 859. The Balaban J connectivity index is 2.46. The number of hydrogen-bond acceptors (Lipinski definition) is 8. The van der Waals surface area contributed by atoms with Gasteiger partial charge in [0, 0.05) is 12.8 Å². The Morgan fingerprint density at radius 1 is 0.844 bits per heavy atom. The number of benzene rings is 2. The standard InChI is InChI=1S/C24H34O8/c1-4-23(29,13-16-7-5-9-18(11-16)31-2)22(28)24(30,21(27)20(26)15-25)14-17-8-6-10-19(12-17)32-3/h5-12,20-22,25-30H,4,13-15H2,1-3H3/t20-,21+,22+,23?,24+/m0/s1. The molecule has 8 heteroatoms. The van der Waals surface area contributed by atoms with Gasteiger partial charge in [-0.3, -0.25) is 0 Å². The zero-order valence-electron chi connectivity index (χ0n) is 18.7. The van der Waals surface area contributed by atoms with Crippen LogP contribution in [0.15, 0.2) is 48.5 Å². The van der Waals surface area contributed by atoms with E-state index in [0.29, 0.717) is 22.6 Å². The second kappa shape index (κ2) is 11.1. The molecule has 32 heavy (non-hydrogen) atoms. The molecule has 0 spiro atoms. The van der Waals surface area contributed by atoms with Crippen LogP contribution < -0.4 is 9.47 Å². The van der Waals surface area contributed by atoms with Crippen molar-refractivity contribution in [3.05, 3.63) is 59.7 Å². The smallest absolute Gasteiger partial charge is 0.126 e. The molecule has 0 amide bonds. The van der Waals surface area contributed by atoms with Gasteiger partial charge >= 0.3 is 0 Å². The van der Waals surface area contributed by atoms with Crippen LogP contribution in [0.25, 0.3) is 0 Å². The highest BCUT2D eigenvalue weighted by Gasteiger charge is 2.53. The van der Waals surface area contributed by atoms with Gasteiger partial charge in [0.1, 0.15) is 35.4 Å². The van der Waals surface area contributed by atoms with Gasteiger partial charge in [-0.2, -0.15) is 0 Å². The molecule has 8 nitrogen and oxygen atoms in total. The molecule has 5 atom stereocenters. The number of hydrogen-bond donors (Lipinski definition) is 6. The fourth-order valence-electron chi connectivity index (χ4n) is 3.92. The highest BCUT2D eigenvalue weighted by molar-refractivity contribution is 5.32. The second-order valence-electron chi connectivity index (χ2n) is 8.10. The van der Waals surface area contributed by atoms with E-state index in [2.05, 4.69) is 0 Å². The lowest BCUT2D eigenvalue weighted by Crippen LogP contribution is -2.66. The van der Waals surface area contributed by atoms with Crippen LogP contribution in [0.4, 0.5) is 0 Å². The normalized spacial score (nSPS) is 18.2. The first-order valence-electron chi connectivity index (χ1n) is 10.5. The summed E-state index contributed by atoms with van der Waals surface area (Å²) in [6.45, 7) is 0.805. The highest BCUT2D eigenvalue weighted by Crippen LogP contribution is 2.35. The van der Waals surface area contributed by atoms with Crippen LogP contribution in [-0.2, 0) is 12.8 Å². The van der Waals surface area contributed by atoms with E-state index in [1.54, 1.807) is 55.5 Å². The summed E-state index contributed by atoms with van der Waals surface area (Å²) in [5.41, 5.74) is -3.11. The average Bonchev–Trinajstić information content (AvgIpc) is 2.82. The van der Waals surface area contributed by atoms with Gasteiger partial charge in [-0.25, -0.2) is 0 Å². The SMILES string of the molecule is CCC(O)(Cc1cccc(OC)c1)[C@@H](O)[C@@](O)(Cc1cccc(OC)c1)[C@H](O)[C@@H](O)CO. The molecule has 0 radical (unpaired) electrons. The van der Waals surface area contributed by atoms with Crippen molar-refractivity contribution in [2.75, 3.05) is 20.8 Å². The summed E-state index contributed by atoms with van der Waals surface area (Å²) >= 11 is 0. The van der Waals surface area contributed by atoms with Crippen molar-refractivity contribution >= 4 is 0 Å². The molecule has 2 aromatic carbocycles. The maximum atomic E-state index is 11.5. The summed E-state index contributed by atoms with van der Waals surface area (Å²) in [5, 5.41) is 64.3. The lowest BCUT2D eigenvalue weighted by atomic mass is 9.72. The van der Waals surface area contributed by atoms with E-state index < -0.39 is 36.1 Å². The Kier molecular flexibility index (Phi) is 9.03. The van der Waals surface area contributed by atoms with Crippen molar-refractivity contribution in [3.8, 4) is 11.5 Å². The first kappa shape index (κ1) is 26.1. The first-order chi connectivity index (χ1) is 15.1. The van der Waals surface area contributed by atoms with Crippen molar-refractivity contribution in [1.82, 2.24) is 0 Å². The molecule has 0 fully saturated rings. The Morgan fingerprint density at radius 3 is 1.78 bits per heavy atom. The Labute approximate surface area is 188 Å². The van der Waals surface area contributed by atoms with Gasteiger partial charge < -0.3 is 40.1 Å². The van der Waals surface area contributed by atoms with Crippen molar-refractivity contribution in [2.45, 2.75) is 55.7 Å². The summed E-state index contributed by atoms with van der Waals surface area (Å²) in [6.07, 6.45) is -5.90. The van der Waals surface area contributed by atoms with E-state index in [-0.39, 0.29) is 19.3 Å². The summed E-state index contributed by atoms with van der Waals surface area (Å²) < 4.78 is 10.4. The third-order valence-electron chi connectivity index (χ3n) is 5.92. The molecule has 0 aromatic heterocycles. The van der Waals surface area contributed by atoms with Crippen molar-refractivity contribution < 1.29 is 40.1 Å². The van der Waals surface area contributed by atoms with Gasteiger partial charge in [0.05, 0.1) is 26.4 Å². The van der Waals surface area contributed by atoms with Gasteiger partial charge in [-0.1, -0.05) is 31.2 Å². The van der Waals surface area contributed by atoms with Gasteiger partial charge in [0.25, 0.3) is 0 Å². The van der Waals surface area contributed by atoms with Crippen LogP contribution in [0.3, 0.4) is 0 Å². The van der Waals surface area contributed by atoms with E-state index in [1.807, 2.05) is 0 Å². The molecule has 0 saturated carbocycles. The lowest BCUT2D eigenvalue weighted by Gasteiger charge is -2.45. The molecular formula is C24H34O8. The van der Waals surface area contributed by atoms with E-state index in [0.717, 1.165) is 0 Å². The molecule has 178 valence electrons. The molecule has 0 aliphatic rings. The minimum Gasteiger partial charge on any atom is -0.497 e. The summed E-state index contributed by atoms with van der Waals surface area (Å²) in [4.78, 5) is 0.